The maximum absolute atomic E-state index is 13.6. The molecule has 0 spiro atoms. The van der Waals surface area contributed by atoms with Gasteiger partial charge in [0.05, 0.1) is 87.4 Å². The normalized spacial score (nSPS) is 18.1. The topological polar surface area (TPSA) is 297 Å². The van der Waals surface area contributed by atoms with Gasteiger partial charge in [-0.05, 0) is 108 Å². The highest BCUT2D eigenvalue weighted by atomic mass is 16.7. The van der Waals surface area contributed by atoms with Gasteiger partial charge in [-0.2, -0.15) is 0 Å². The van der Waals surface area contributed by atoms with Crippen LogP contribution in [0.1, 0.15) is 116 Å². The molecule has 1 unspecified atom stereocenters. The molecule has 24 heteroatoms. The lowest BCUT2D eigenvalue weighted by atomic mass is 9.81. The number of carbonyl (C=O) groups is 8. The van der Waals surface area contributed by atoms with Crippen molar-refractivity contribution in [3.8, 4) is 11.4 Å². The van der Waals surface area contributed by atoms with Crippen molar-refractivity contribution < 1.29 is 66.8 Å². The van der Waals surface area contributed by atoms with Crippen LogP contribution in [-0.2, 0) is 107 Å². The monoisotopic (exact) mass is 1280 g/mol. The molecule has 5 amide bonds. The number of imide groups is 1. The number of aromatic nitrogens is 5. The first kappa shape index (κ1) is 69.9. The number of cyclic esters (lactones) is 1. The van der Waals surface area contributed by atoms with Crippen molar-refractivity contribution in [3.05, 3.63) is 146 Å². The first-order chi connectivity index (χ1) is 44.8. The van der Waals surface area contributed by atoms with E-state index in [2.05, 4.69) is 77.4 Å². The van der Waals surface area contributed by atoms with Crippen LogP contribution in [0.3, 0.4) is 0 Å². The number of pyridine rings is 2. The molecule has 6 aromatic rings. The summed E-state index contributed by atoms with van der Waals surface area (Å²) in [6, 6.07) is 25.0. The predicted octanol–water partition coefficient (Wildman–Crippen LogP) is 6.62. The van der Waals surface area contributed by atoms with E-state index >= 15 is 0 Å². The number of ether oxygens (including phenoxy) is 6. The summed E-state index contributed by atoms with van der Waals surface area (Å²) in [6.45, 7) is 16.0. The summed E-state index contributed by atoms with van der Waals surface area (Å²) in [6.07, 6.45) is 6.06. The summed E-state index contributed by atoms with van der Waals surface area (Å²) in [5, 5.41) is 17.4. The second-order valence-electron chi connectivity index (χ2n) is 23.7. The van der Waals surface area contributed by atoms with E-state index in [1.54, 1.807) is 42.3 Å². The first-order valence-corrected chi connectivity index (χ1v) is 31.9. The van der Waals surface area contributed by atoms with Crippen LogP contribution in [0.25, 0.3) is 22.3 Å². The van der Waals surface area contributed by atoms with Crippen molar-refractivity contribution in [3.63, 3.8) is 0 Å². The summed E-state index contributed by atoms with van der Waals surface area (Å²) < 4.78 is 35.3. The highest BCUT2D eigenvalue weighted by Crippen LogP contribution is 2.42. The maximum atomic E-state index is 13.6. The Morgan fingerprint density at radius 3 is 2.17 bits per heavy atom. The second kappa shape index (κ2) is 33.5. The molecule has 4 aliphatic rings. The summed E-state index contributed by atoms with van der Waals surface area (Å²) in [4.78, 5) is 117. The number of aryl methyl sites for hydroxylation is 4. The summed E-state index contributed by atoms with van der Waals surface area (Å²) in [5.74, 6) is -1.87. The molecule has 3 atom stereocenters. The van der Waals surface area contributed by atoms with Crippen LogP contribution in [0.4, 0.5) is 4.79 Å². The zero-order chi connectivity index (χ0) is 66.6. The number of esters is 1. The molecule has 0 radical (unpaired) electrons. The number of nitrogens with zero attached hydrogens (tertiary/aromatic N) is 6. The molecule has 1 saturated carbocycles. The predicted molar refractivity (Wildman–Crippen MR) is 342 cm³/mol. The smallest absolute Gasteiger partial charge is 0.457 e. The fraction of sp³-hybridized carbons (Fsp3) is 0.478. The quantitative estimate of drug-likeness (QED) is 0.0222. The number of carbonyl (C=O) groups excluding carboxylic acids is 8. The summed E-state index contributed by atoms with van der Waals surface area (Å²) in [7, 11) is 0. The van der Waals surface area contributed by atoms with Gasteiger partial charge in [0, 0.05) is 47.9 Å². The van der Waals surface area contributed by atoms with E-state index in [1.807, 2.05) is 49.4 Å². The SMILES string of the molecule is CC1CC(=O)N(CC2CCC(C(=O)NCc3cn(CCOCCOCCNC(=O)COCC(=O)N[C@@H](C=O)Cc4ccccc4)nn3)CC2)C1=O.CCOC(=O)O[C@]1(CC)C(=O)OCc2c1cc1n(c2=O)Cc2c-1nc1ccc(C)cc1c2CC.Cc1ccc(C)cc1. The fourth-order valence-electron chi connectivity index (χ4n) is 11.8. The number of nitrogens with one attached hydrogen (secondary N) is 3. The highest BCUT2D eigenvalue weighted by molar-refractivity contribution is 6.03. The Hall–Kier alpha value is -9.00. The lowest BCUT2D eigenvalue weighted by Crippen LogP contribution is -2.47. The van der Waals surface area contributed by atoms with Crippen molar-refractivity contribution in [1.82, 2.24) is 45.4 Å². The lowest BCUT2D eigenvalue weighted by molar-refractivity contribution is -0.175. The van der Waals surface area contributed by atoms with Crippen molar-refractivity contribution >= 4 is 58.8 Å². The second-order valence-corrected chi connectivity index (χ2v) is 23.7. The molecule has 1 saturated heterocycles. The number of hydrogen-bond acceptors (Lipinski definition) is 18. The standard InChI is InChI=1S/C35H49N7O9.C26H26N2O6.C8H10/c1-25-17-33(46)42(35(25)48)20-27-7-9-28(10-8-27)34(47)37-19-30-21-41(40-39-30)12-14-50-16-15-49-13-11-36-31(44)23-51-24-32(45)38-29(22-43)18-26-5-3-2-4-6-26;1-5-15-16-10-14(4)8-9-20(16)27-22-17(15)12-28-21(22)11-19-18(23(28)29)13-33-24(30)26(19,6-2)34-25(31)32-7-3;1-7-3-5-8(2)6-4-7/h2-6,21-22,25,27-29H,7-20,23-24H2,1H3,(H,36,44)(H,37,47)(H,38,45);8-11H,5-7,12-13H2,1-4H3;3-6H,1-2H3/t25?,27?,28?,29-;26-;/m10./s1. The molecule has 2 fully saturated rings. The fourth-order valence-corrected chi connectivity index (χ4v) is 11.8. The molecule has 93 heavy (non-hydrogen) atoms. The Labute approximate surface area is 540 Å². The molecular formula is C69H85N9O15. The zero-order valence-electron chi connectivity index (χ0n) is 54.1. The zero-order valence-corrected chi connectivity index (χ0v) is 54.1. The van der Waals surface area contributed by atoms with E-state index in [0.29, 0.717) is 86.8 Å². The van der Waals surface area contributed by atoms with E-state index in [9.17, 15) is 43.2 Å². The van der Waals surface area contributed by atoms with Gasteiger partial charge < -0.3 is 53.7 Å². The minimum Gasteiger partial charge on any atom is -0.457 e. The van der Waals surface area contributed by atoms with Crippen molar-refractivity contribution in [2.24, 2.45) is 17.8 Å². The third-order valence-corrected chi connectivity index (χ3v) is 16.9. The van der Waals surface area contributed by atoms with E-state index in [4.69, 9.17) is 33.4 Å². The van der Waals surface area contributed by atoms with Gasteiger partial charge in [-0.1, -0.05) is 103 Å². The molecule has 3 aromatic heterocycles. The van der Waals surface area contributed by atoms with E-state index in [-0.39, 0.29) is 93.6 Å². The molecule has 0 bridgehead atoms. The highest BCUT2D eigenvalue weighted by Gasteiger charge is 2.51. The van der Waals surface area contributed by atoms with E-state index in [0.717, 1.165) is 65.3 Å². The maximum Gasteiger partial charge on any atom is 0.509 e. The number of benzene rings is 3. The van der Waals surface area contributed by atoms with Gasteiger partial charge in [-0.3, -0.25) is 33.7 Å². The van der Waals surface area contributed by atoms with Gasteiger partial charge in [0.2, 0.25) is 35.1 Å². The number of hydrogen-bond donors (Lipinski definition) is 3. The van der Waals surface area contributed by atoms with Crippen LogP contribution in [0.2, 0.25) is 0 Å². The average molecular weight is 1280 g/mol. The number of amides is 5. The third-order valence-electron chi connectivity index (χ3n) is 16.9. The van der Waals surface area contributed by atoms with E-state index in [1.165, 1.54) is 16.0 Å². The van der Waals surface area contributed by atoms with Gasteiger partial charge >= 0.3 is 12.1 Å². The Bertz CT molecular complexity index is 3660. The van der Waals surface area contributed by atoms with Gasteiger partial charge in [-0.15, -0.1) is 5.10 Å². The van der Waals surface area contributed by atoms with Crippen LogP contribution in [0.5, 0.6) is 0 Å². The molecule has 496 valence electrons. The minimum absolute atomic E-state index is 0.0226. The molecule has 6 heterocycles. The van der Waals surface area contributed by atoms with Gasteiger partial charge in [0.25, 0.3) is 5.56 Å². The van der Waals surface area contributed by atoms with E-state index < -0.39 is 35.6 Å². The number of aldehydes is 1. The Morgan fingerprint density at radius 1 is 0.806 bits per heavy atom. The largest absolute Gasteiger partial charge is 0.509 e. The van der Waals surface area contributed by atoms with Crippen LogP contribution in [0.15, 0.2) is 89.9 Å². The van der Waals surface area contributed by atoms with Gasteiger partial charge in [0.15, 0.2) is 0 Å². The number of rotatable bonds is 26. The van der Waals surface area contributed by atoms with Crippen molar-refractivity contribution in [2.45, 2.75) is 138 Å². The summed E-state index contributed by atoms with van der Waals surface area (Å²) >= 11 is 0. The molecular weight excluding hydrogens is 1190 g/mol. The van der Waals surface area contributed by atoms with Crippen molar-refractivity contribution in [2.75, 3.05) is 59.3 Å². The molecule has 3 aromatic carbocycles. The van der Waals surface area contributed by atoms with Crippen LogP contribution >= 0.6 is 0 Å². The lowest BCUT2D eigenvalue weighted by Gasteiger charge is -2.35. The minimum atomic E-state index is -1.75. The molecule has 24 nitrogen and oxygen atoms in total. The number of fused-ring (bicyclic) bond motifs is 5. The van der Waals surface area contributed by atoms with Gasteiger partial charge in [-0.25, -0.2) is 19.3 Å². The third kappa shape index (κ3) is 18.4. The summed E-state index contributed by atoms with van der Waals surface area (Å²) in [5.41, 5.74) is 8.31. The van der Waals surface area contributed by atoms with Crippen molar-refractivity contribution in [1.29, 1.82) is 0 Å². The molecule has 10 rings (SSSR count). The Kier molecular flexibility index (Phi) is 25.2. The Balaban J connectivity index is 0.000000225. The Morgan fingerprint density at radius 2 is 1.51 bits per heavy atom. The van der Waals surface area contributed by atoms with Crippen LogP contribution < -0.4 is 21.5 Å². The average Bonchev–Trinajstić information content (AvgIpc) is 1.64. The van der Waals surface area contributed by atoms with Gasteiger partial charge in [0.1, 0.15) is 31.8 Å². The van der Waals surface area contributed by atoms with Crippen LogP contribution in [0, 0.1) is 38.5 Å². The molecule has 1 aliphatic carbocycles. The molecule has 3 N–H and O–H groups in total. The molecule has 3 aliphatic heterocycles. The number of likely N-dealkylation sites (tertiary alicyclic amines) is 1. The first-order valence-electron chi connectivity index (χ1n) is 31.9. The van der Waals surface area contributed by atoms with Crippen LogP contribution in [-0.4, -0.2) is 143 Å².